The first-order chi connectivity index (χ1) is 17.3. The van der Waals surface area contributed by atoms with E-state index in [2.05, 4.69) is 5.32 Å². The summed E-state index contributed by atoms with van der Waals surface area (Å²) in [6, 6.07) is 15.9. The van der Waals surface area contributed by atoms with Crippen molar-refractivity contribution in [2.45, 2.75) is 19.5 Å². The normalized spacial score (nSPS) is 11.6. The fourth-order valence-electron chi connectivity index (χ4n) is 3.65. The highest BCUT2D eigenvalue weighted by molar-refractivity contribution is 7.21. The molecule has 0 aliphatic heterocycles. The second-order valence-corrected chi connectivity index (χ2v) is 8.99. The molecule has 0 unspecified atom stereocenters. The number of benzene rings is 3. The van der Waals surface area contributed by atoms with Crippen molar-refractivity contribution in [3.63, 3.8) is 0 Å². The number of alkyl halides is 3. The molecule has 0 saturated carbocycles. The van der Waals surface area contributed by atoms with Crippen LogP contribution in [0.3, 0.4) is 0 Å². The van der Waals surface area contributed by atoms with Gasteiger partial charge in [-0.1, -0.05) is 25.1 Å². The number of aromatic hydroxyl groups is 1. The van der Waals surface area contributed by atoms with Crippen molar-refractivity contribution in [1.82, 2.24) is 5.32 Å². The molecule has 5 nitrogen and oxygen atoms in total. The van der Waals surface area contributed by atoms with E-state index in [9.17, 15) is 23.1 Å². The number of rotatable bonds is 10. The number of hydrogen-bond acceptors (Lipinski definition) is 6. The fourth-order valence-corrected chi connectivity index (χ4v) is 4.77. The van der Waals surface area contributed by atoms with Gasteiger partial charge in [0, 0.05) is 15.6 Å². The zero-order chi connectivity index (χ0) is 25.7. The summed E-state index contributed by atoms with van der Waals surface area (Å²) in [4.78, 5) is 13.4. The number of carbonyl (C=O) groups is 1. The van der Waals surface area contributed by atoms with Gasteiger partial charge in [0.1, 0.15) is 22.1 Å². The van der Waals surface area contributed by atoms with E-state index in [4.69, 9.17) is 9.47 Å². The van der Waals surface area contributed by atoms with Gasteiger partial charge in [-0.05, 0) is 68.0 Å². The summed E-state index contributed by atoms with van der Waals surface area (Å²) in [6.07, 6.45) is -3.84. The Labute approximate surface area is 210 Å². The first-order valence-electron chi connectivity index (χ1n) is 11.4. The van der Waals surface area contributed by atoms with Gasteiger partial charge in [-0.15, -0.1) is 11.3 Å². The van der Waals surface area contributed by atoms with Crippen molar-refractivity contribution in [1.29, 1.82) is 0 Å². The Morgan fingerprint density at radius 2 is 1.75 bits per heavy atom. The number of carbonyl (C=O) groups excluding carboxylic acids is 1. The topological polar surface area (TPSA) is 67.8 Å². The van der Waals surface area contributed by atoms with Crippen LogP contribution in [0.25, 0.3) is 10.1 Å². The molecule has 9 heteroatoms. The average Bonchev–Trinajstić information content (AvgIpc) is 3.21. The number of hydrogen-bond donors (Lipinski definition) is 2. The van der Waals surface area contributed by atoms with Crippen LogP contribution in [-0.4, -0.2) is 30.6 Å². The molecule has 0 spiro atoms. The van der Waals surface area contributed by atoms with Crippen LogP contribution in [0.1, 0.15) is 34.1 Å². The molecule has 1 heterocycles. The molecule has 3 aromatic carbocycles. The van der Waals surface area contributed by atoms with Crippen LogP contribution in [0.2, 0.25) is 0 Å². The quantitative estimate of drug-likeness (QED) is 0.175. The van der Waals surface area contributed by atoms with Crippen LogP contribution >= 0.6 is 11.3 Å². The summed E-state index contributed by atoms with van der Waals surface area (Å²) in [6.45, 7) is 4.33. The second kappa shape index (κ2) is 11.0. The SMILES string of the molecule is CCNCCCOc1ccc(Oc2c(C(=O)c3ccccc3C(F)(F)F)sc3cc(O)ccc23)cc1. The standard InChI is InChI=1S/C27H24F3NO4S/c1-2-31-14-5-15-34-18-9-11-19(12-10-18)35-25-21-13-8-17(32)16-23(21)36-26(25)24(33)20-6-3-4-7-22(20)27(28,29)30/h3-4,6-13,16,31-32H,2,5,14-15H2,1H3. The maximum Gasteiger partial charge on any atom is 0.417 e. The van der Waals surface area contributed by atoms with Gasteiger partial charge in [-0.2, -0.15) is 13.2 Å². The van der Waals surface area contributed by atoms with Gasteiger partial charge in [0.15, 0.2) is 5.75 Å². The Kier molecular flexibility index (Phi) is 7.81. The van der Waals surface area contributed by atoms with E-state index in [0.717, 1.165) is 43.0 Å². The summed E-state index contributed by atoms with van der Waals surface area (Å²) in [5, 5.41) is 13.6. The van der Waals surface area contributed by atoms with Crippen molar-refractivity contribution >= 4 is 27.2 Å². The maximum absolute atomic E-state index is 13.6. The van der Waals surface area contributed by atoms with E-state index in [0.29, 0.717) is 28.2 Å². The van der Waals surface area contributed by atoms with Gasteiger partial charge in [-0.25, -0.2) is 0 Å². The summed E-state index contributed by atoms with van der Waals surface area (Å²) in [5.74, 6) is 0.339. The Morgan fingerprint density at radius 1 is 1.03 bits per heavy atom. The van der Waals surface area contributed by atoms with Crippen LogP contribution in [0.5, 0.6) is 23.0 Å². The molecule has 2 N–H and O–H groups in total. The largest absolute Gasteiger partial charge is 0.508 e. The summed E-state index contributed by atoms with van der Waals surface area (Å²) < 4.78 is 53.0. The third kappa shape index (κ3) is 5.80. The molecule has 0 aliphatic carbocycles. The molecule has 0 bridgehead atoms. The monoisotopic (exact) mass is 515 g/mol. The lowest BCUT2D eigenvalue weighted by atomic mass is 10.0. The molecule has 4 aromatic rings. The van der Waals surface area contributed by atoms with Crippen LogP contribution < -0.4 is 14.8 Å². The number of fused-ring (bicyclic) bond motifs is 1. The molecular weight excluding hydrogens is 491 g/mol. The van der Waals surface area contributed by atoms with Crippen molar-refractivity contribution in [2.24, 2.45) is 0 Å². The third-order valence-corrected chi connectivity index (χ3v) is 6.50. The third-order valence-electron chi connectivity index (χ3n) is 5.37. The molecule has 0 aliphatic rings. The lowest BCUT2D eigenvalue weighted by Gasteiger charge is -2.13. The first-order valence-corrected chi connectivity index (χ1v) is 12.2. The van der Waals surface area contributed by atoms with E-state index in [-0.39, 0.29) is 16.4 Å². The molecular formula is C27H24F3NO4S. The van der Waals surface area contributed by atoms with Gasteiger partial charge in [0.25, 0.3) is 0 Å². The summed E-state index contributed by atoms with van der Waals surface area (Å²) in [5.41, 5.74) is -1.48. The smallest absolute Gasteiger partial charge is 0.417 e. The zero-order valence-electron chi connectivity index (χ0n) is 19.4. The van der Waals surface area contributed by atoms with Gasteiger partial charge < -0.3 is 19.9 Å². The van der Waals surface area contributed by atoms with Crippen LogP contribution in [0.15, 0.2) is 66.7 Å². The number of phenolic OH excluding ortho intramolecular Hbond substituents is 1. The van der Waals surface area contributed by atoms with E-state index < -0.39 is 23.1 Å². The number of ether oxygens (including phenoxy) is 2. The molecule has 0 fully saturated rings. The number of phenols is 1. The predicted molar refractivity (Wildman–Crippen MR) is 134 cm³/mol. The minimum Gasteiger partial charge on any atom is -0.508 e. The molecule has 36 heavy (non-hydrogen) atoms. The fraction of sp³-hybridized carbons (Fsp3) is 0.222. The maximum atomic E-state index is 13.6. The lowest BCUT2D eigenvalue weighted by Crippen LogP contribution is -2.16. The molecule has 1 aromatic heterocycles. The highest BCUT2D eigenvalue weighted by atomic mass is 32.1. The second-order valence-electron chi connectivity index (χ2n) is 7.94. The van der Waals surface area contributed by atoms with Gasteiger partial charge in [-0.3, -0.25) is 4.79 Å². The molecule has 0 amide bonds. The van der Waals surface area contributed by atoms with Crippen LogP contribution in [-0.2, 0) is 6.18 Å². The molecule has 0 radical (unpaired) electrons. The van der Waals surface area contributed by atoms with Gasteiger partial charge >= 0.3 is 6.18 Å². The van der Waals surface area contributed by atoms with Crippen molar-refractivity contribution < 1.29 is 32.5 Å². The molecule has 188 valence electrons. The average molecular weight is 516 g/mol. The Balaban J connectivity index is 1.65. The van der Waals surface area contributed by atoms with Gasteiger partial charge in [0.05, 0.1) is 12.2 Å². The summed E-state index contributed by atoms with van der Waals surface area (Å²) >= 11 is 0.968. The minimum atomic E-state index is -4.69. The number of halogens is 3. The predicted octanol–water partition coefficient (Wildman–Crippen LogP) is 7.03. The Hall–Kier alpha value is -3.56. The Morgan fingerprint density at radius 3 is 2.47 bits per heavy atom. The Bertz CT molecular complexity index is 1350. The number of thiophene rings is 1. The van der Waals surface area contributed by atoms with Crippen molar-refractivity contribution in [3.05, 3.63) is 82.7 Å². The number of ketones is 1. The van der Waals surface area contributed by atoms with E-state index >= 15 is 0 Å². The lowest BCUT2D eigenvalue weighted by molar-refractivity contribution is -0.137. The highest BCUT2D eigenvalue weighted by Gasteiger charge is 2.36. The first kappa shape index (κ1) is 25.5. The van der Waals surface area contributed by atoms with E-state index in [1.807, 2.05) is 6.92 Å². The van der Waals surface area contributed by atoms with Crippen molar-refractivity contribution in [3.8, 4) is 23.0 Å². The summed E-state index contributed by atoms with van der Waals surface area (Å²) in [7, 11) is 0. The van der Waals surface area contributed by atoms with E-state index in [1.165, 1.54) is 24.3 Å². The molecule has 0 atom stereocenters. The molecule has 4 rings (SSSR count). The molecule has 0 saturated heterocycles. The van der Waals surface area contributed by atoms with Crippen molar-refractivity contribution in [2.75, 3.05) is 19.7 Å². The zero-order valence-corrected chi connectivity index (χ0v) is 20.2. The number of nitrogens with one attached hydrogen (secondary N) is 1. The van der Waals surface area contributed by atoms with Crippen LogP contribution in [0, 0.1) is 0 Å². The van der Waals surface area contributed by atoms with Gasteiger partial charge in [0.2, 0.25) is 5.78 Å². The minimum absolute atomic E-state index is 0.0102. The highest BCUT2D eigenvalue weighted by Crippen LogP contribution is 2.44. The van der Waals surface area contributed by atoms with Crippen LogP contribution in [0.4, 0.5) is 13.2 Å². The van der Waals surface area contributed by atoms with E-state index in [1.54, 1.807) is 30.3 Å².